The van der Waals surface area contributed by atoms with Gasteiger partial charge in [-0.05, 0) is 32.6 Å². The van der Waals surface area contributed by atoms with E-state index in [2.05, 4.69) is 27.6 Å². The van der Waals surface area contributed by atoms with Crippen LogP contribution >= 0.6 is 22.6 Å². The zero-order valence-corrected chi connectivity index (χ0v) is 13.5. The number of H-pyrrole nitrogens is 1. The maximum Gasteiger partial charge on any atom is 0.330 e. The van der Waals surface area contributed by atoms with E-state index in [0.29, 0.717) is 12.3 Å². The lowest BCUT2D eigenvalue weighted by atomic mass is 10.1. The van der Waals surface area contributed by atoms with Crippen LogP contribution in [0.15, 0.2) is 21.9 Å². The lowest BCUT2D eigenvalue weighted by Gasteiger charge is -2.30. The smallest absolute Gasteiger partial charge is 0.330 e. The normalized spacial score (nSPS) is 35.1. The van der Waals surface area contributed by atoms with Crippen molar-refractivity contribution in [3.05, 3.63) is 33.1 Å². The molecule has 2 fully saturated rings. The summed E-state index contributed by atoms with van der Waals surface area (Å²) in [7, 11) is 0. The minimum Gasteiger partial charge on any atom is -0.342 e. The second kappa shape index (κ2) is 4.67. The Kier molecular flexibility index (Phi) is 3.33. The van der Waals surface area contributed by atoms with Crippen molar-refractivity contribution in [2.45, 2.75) is 44.3 Å². The summed E-state index contributed by atoms with van der Waals surface area (Å²) >= 11 is 2.34. The SMILES string of the molecule is CC1(C)O[C@@H]2[C@@H](CI)CC[C@@]2(n2ccc(=O)[nH]c2=O)O1. The highest BCUT2D eigenvalue weighted by Gasteiger charge is 2.61. The highest BCUT2D eigenvalue weighted by molar-refractivity contribution is 14.1. The van der Waals surface area contributed by atoms with Crippen LogP contribution in [0.4, 0.5) is 0 Å². The van der Waals surface area contributed by atoms with Gasteiger partial charge in [-0.15, -0.1) is 0 Å². The number of hydrogen-bond donors (Lipinski definition) is 1. The number of alkyl halides is 1. The first kappa shape index (κ1) is 14.3. The molecule has 3 rings (SSSR count). The number of nitrogens with zero attached hydrogens (tertiary/aromatic N) is 1. The molecule has 1 N–H and O–H groups in total. The first-order valence-corrected chi connectivity index (χ1v) is 8.17. The Morgan fingerprint density at radius 3 is 2.90 bits per heavy atom. The lowest BCUT2D eigenvalue weighted by Crippen LogP contribution is -2.48. The van der Waals surface area contributed by atoms with Crippen molar-refractivity contribution in [2.24, 2.45) is 5.92 Å². The molecule has 6 nitrogen and oxygen atoms in total. The van der Waals surface area contributed by atoms with Crippen molar-refractivity contribution < 1.29 is 9.47 Å². The molecule has 1 aliphatic heterocycles. The van der Waals surface area contributed by atoms with E-state index in [9.17, 15) is 9.59 Å². The zero-order chi connectivity index (χ0) is 14.5. The number of fused-ring (bicyclic) bond motifs is 1. The number of rotatable bonds is 2. The van der Waals surface area contributed by atoms with Crippen molar-refractivity contribution in [1.29, 1.82) is 0 Å². The molecule has 3 atom stereocenters. The fraction of sp³-hybridized carbons (Fsp3) is 0.692. The van der Waals surface area contributed by atoms with Crippen LogP contribution in [-0.2, 0) is 15.2 Å². The van der Waals surface area contributed by atoms with E-state index in [1.165, 1.54) is 16.8 Å². The Morgan fingerprint density at radius 2 is 2.25 bits per heavy atom. The van der Waals surface area contributed by atoms with Gasteiger partial charge in [0.05, 0.1) is 0 Å². The topological polar surface area (TPSA) is 73.3 Å². The Balaban J connectivity index is 2.13. The number of aromatic amines is 1. The van der Waals surface area contributed by atoms with Gasteiger partial charge in [0.15, 0.2) is 11.5 Å². The average molecular weight is 392 g/mol. The van der Waals surface area contributed by atoms with Crippen molar-refractivity contribution in [3.8, 4) is 0 Å². The van der Waals surface area contributed by atoms with Crippen molar-refractivity contribution in [3.63, 3.8) is 0 Å². The monoisotopic (exact) mass is 392 g/mol. The predicted molar refractivity (Wildman–Crippen MR) is 80.9 cm³/mol. The number of nitrogens with one attached hydrogen (secondary N) is 1. The van der Waals surface area contributed by atoms with Gasteiger partial charge in [-0.1, -0.05) is 22.6 Å². The Bertz CT molecular complexity index is 638. The molecule has 2 aliphatic rings. The van der Waals surface area contributed by atoms with E-state index < -0.39 is 22.8 Å². The molecule has 1 aromatic heterocycles. The van der Waals surface area contributed by atoms with Gasteiger partial charge in [0, 0.05) is 16.7 Å². The molecule has 20 heavy (non-hydrogen) atoms. The summed E-state index contributed by atoms with van der Waals surface area (Å²) in [6.07, 6.45) is 2.99. The summed E-state index contributed by atoms with van der Waals surface area (Å²) < 4.78 is 14.6. The van der Waals surface area contributed by atoms with Gasteiger partial charge in [0.1, 0.15) is 6.10 Å². The minimum atomic E-state index is -0.805. The summed E-state index contributed by atoms with van der Waals surface area (Å²) in [5.41, 5.74) is -1.65. The van der Waals surface area contributed by atoms with Crippen molar-refractivity contribution in [2.75, 3.05) is 4.43 Å². The van der Waals surface area contributed by atoms with Gasteiger partial charge in [0.25, 0.3) is 5.56 Å². The van der Waals surface area contributed by atoms with Gasteiger partial charge in [-0.25, -0.2) is 4.79 Å². The van der Waals surface area contributed by atoms with Crippen LogP contribution in [0.25, 0.3) is 0 Å². The molecule has 0 spiro atoms. The second-order valence-electron chi connectivity index (χ2n) is 5.82. The number of ether oxygens (including phenoxy) is 2. The van der Waals surface area contributed by atoms with Crippen molar-refractivity contribution >= 4 is 22.6 Å². The van der Waals surface area contributed by atoms with Crippen LogP contribution < -0.4 is 11.2 Å². The maximum absolute atomic E-state index is 12.1. The molecule has 1 aromatic rings. The molecule has 1 saturated heterocycles. The minimum absolute atomic E-state index is 0.169. The fourth-order valence-electron chi connectivity index (χ4n) is 3.29. The van der Waals surface area contributed by atoms with E-state index >= 15 is 0 Å². The van der Waals surface area contributed by atoms with Gasteiger partial charge < -0.3 is 9.47 Å². The molecule has 2 heterocycles. The van der Waals surface area contributed by atoms with Crippen LogP contribution in [0.2, 0.25) is 0 Å². The third-order valence-corrected chi connectivity index (χ3v) is 5.14. The van der Waals surface area contributed by atoms with Gasteiger partial charge >= 0.3 is 5.69 Å². The van der Waals surface area contributed by atoms with E-state index in [-0.39, 0.29) is 6.10 Å². The molecule has 7 heteroatoms. The second-order valence-corrected chi connectivity index (χ2v) is 6.70. The predicted octanol–water partition coefficient (Wildman–Crippen LogP) is 1.19. The van der Waals surface area contributed by atoms with Crippen LogP contribution in [0.5, 0.6) is 0 Å². The van der Waals surface area contributed by atoms with Crippen molar-refractivity contribution in [1.82, 2.24) is 9.55 Å². The largest absolute Gasteiger partial charge is 0.342 e. The van der Waals surface area contributed by atoms with Gasteiger partial charge in [-0.3, -0.25) is 14.3 Å². The molecular formula is C13H17IN2O4. The molecule has 1 aliphatic carbocycles. The lowest BCUT2D eigenvalue weighted by molar-refractivity contribution is -0.188. The maximum atomic E-state index is 12.1. The Hall–Kier alpha value is -0.670. The molecule has 0 bridgehead atoms. The standard InChI is InChI=1S/C13H17IN2O4/c1-12(2)19-10-8(7-14)3-5-13(10,20-12)16-6-4-9(17)15-11(16)18/h4,6,8,10H,3,5,7H2,1-2H3,(H,15,17,18)/t8-,10-,13-/m1/s1. The fourth-order valence-corrected chi connectivity index (χ4v) is 4.19. The molecule has 0 radical (unpaired) electrons. The van der Waals surface area contributed by atoms with Crippen LogP contribution in [0.3, 0.4) is 0 Å². The third kappa shape index (κ3) is 2.06. The quantitative estimate of drug-likeness (QED) is 0.606. The summed E-state index contributed by atoms with van der Waals surface area (Å²) in [6.45, 7) is 3.71. The molecule has 0 amide bonds. The third-order valence-electron chi connectivity index (χ3n) is 4.01. The Morgan fingerprint density at radius 1 is 1.50 bits per heavy atom. The van der Waals surface area contributed by atoms with E-state index in [1.807, 2.05) is 13.8 Å². The van der Waals surface area contributed by atoms with E-state index in [0.717, 1.165) is 10.8 Å². The first-order chi connectivity index (χ1) is 9.38. The summed E-state index contributed by atoms with van der Waals surface area (Å²) in [6, 6.07) is 1.35. The summed E-state index contributed by atoms with van der Waals surface area (Å²) in [5.74, 6) is -0.388. The number of hydrogen-bond acceptors (Lipinski definition) is 4. The average Bonchev–Trinajstić information content (AvgIpc) is 2.79. The van der Waals surface area contributed by atoms with Gasteiger partial charge in [-0.2, -0.15) is 0 Å². The van der Waals surface area contributed by atoms with E-state index in [4.69, 9.17) is 9.47 Å². The Labute approximate surface area is 129 Å². The highest BCUT2D eigenvalue weighted by Crippen LogP contribution is 2.51. The zero-order valence-electron chi connectivity index (χ0n) is 11.4. The van der Waals surface area contributed by atoms with Crippen LogP contribution in [-0.4, -0.2) is 25.9 Å². The number of aromatic nitrogens is 2. The molecule has 110 valence electrons. The van der Waals surface area contributed by atoms with Gasteiger partial charge in [0.2, 0.25) is 0 Å². The molecule has 1 saturated carbocycles. The number of halogens is 1. The molecule has 0 aromatic carbocycles. The van der Waals surface area contributed by atoms with Crippen LogP contribution in [0.1, 0.15) is 26.7 Å². The summed E-state index contributed by atoms with van der Waals surface area (Å²) in [5, 5.41) is 0. The summed E-state index contributed by atoms with van der Waals surface area (Å²) in [4.78, 5) is 25.7. The first-order valence-electron chi connectivity index (χ1n) is 6.64. The highest BCUT2D eigenvalue weighted by atomic mass is 127. The van der Waals surface area contributed by atoms with Crippen LogP contribution in [0, 0.1) is 5.92 Å². The molecular weight excluding hydrogens is 375 g/mol. The van der Waals surface area contributed by atoms with E-state index in [1.54, 1.807) is 0 Å². The molecule has 0 unspecified atom stereocenters.